The maximum absolute atomic E-state index is 5.61. The number of methoxy groups -OCH3 is 3. The van der Waals surface area contributed by atoms with Gasteiger partial charge in [-0.25, -0.2) is 0 Å². The molecule has 0 N–H and O–H groups in total. The molecule has 2 heterocycles. The van der Waals surface area contributed by atoms with Gasteiger partial charge in [0.05, 0.1) is 21.3 Å². The van der Waals surface area contributed by atoms with E-state index in [4.69, 9.17) is 14.2 Å². The largest absolute Gasteiger partial charge is 0.493 e. The number of benzene rings is 1. The molecule has 1 aromatic carbocycles. The van der Waals surface area contributed by atoms with E-state index in [0.29, 0.717) is 11.5 Å². The molecule has 6 heteroatoms. The topological polar surface area (TPSA) is 47.1 Å². The lowest BCUT2D eigenvalue weighted by molar-refractivity contribution is 0.243. The van der Waals surface area contributed by atoms with Crippen molar-refractivity contribution in [3.05, 3.63) is 41.7 Å². The Hall–Kier alpha value is -2.47. The Labute approximate surface area is 155 Å². The van der Waals surface area contributed by atoms with Gasteiger partial charge in [0.2, 0.25) is 5.75 Å². The molecule has 3 rings (SSSR count). The zero-order chi connectivity index (χ0) is 18.5. The number of piperazine rings is 1. The summed E-state index contributed by atoms with van der Waals surface area (Å²) in [6.07, 6.45) is 3.79. The second-order valence-corrected chi connectivity index (χ2v) is 6.42. The van der Waals surface area contributed by atoms with Crippen molar-refractivity contribution in [2.45, 2.75) is 13.5 Å². The van der Waals surface area contributed by atoms with Crippen LogP contribution in [0.4, 0.5) is 5.69 Å². The summed E-state index contributed by atoms with van der Waals surface area (Å²) in [5.74, 6) is 2.09. The van der Waals surface area contributed by atoms with Crippen molar-refractivity contribution >= 4 is 5.69 Å². The molecule has 1 aromatic heterocycles. The summed E-state index contributed by atoms with van der Waals surface area (Å²) < 4.78 is 16.5. The predicted molar refractivity (Wildman–Crippen MR) is 103 cm³/mol. The average Bonchev–Trinajstić information content (AvgIpc) is 2.68. The van der Waals surface area contributed by atoms with Gasteiger partial charge >= 0.3 is 0 Å². The highest BCUT2D eigenvalue weighted by Gasteiger charge is 2.22. The Balaban J connectivity index is 1.69. The van der Waals surface area contributed by atoms with Crippen LogP contribution in [0.1, 0.15) is 11.1 Å². The fourth-order valence-corrected chi connectivity index (χ4v) is 3.50. The van der Waals surface area contributed by atoms with Gasteiger partial charge in [-0.05, 0) is 24.6 Å². The first kappa shape index (κ1) is 18.3. The standard InChI is InChI=1S/C20H27N3O3/c1-15-13-21-8-7-17(15)23-11-9-22(10-12-23)14-16-5-6-18(24-2)20(26-4)19(16)25-3/h5-8,13H,9-12,14H2,1-4H3. The lowest BCUT2D eigenvalue weighted by Crippen LogP contribution is -2.46. The van der Waals surface area contributed by atoms with Crippen LogP contribution >= 0.6 is 0 Å². The van der Waals surface area contributed by atoms with Gasteiger partial charge in [0.15, 0.2) is 11.5 Å². The summed E-state index contributed by atoms with van der Waals surface area (Å²) >= 11 is 0. The van der Waals surface area contributed by atoms with Gasteiger partial charge in [-0.15, -0.1) is 0 Å². The van der Waals surface area contributed by atoms with Gasteiger partial charge < -0.3 is 19.1 Å². The van der Waals surface area contributed by atoms with E-state index in [9.17, 15) is 0 Å². The Bertz CT molecular complexity index is 743. The van der Waals surface area contributed by atoms with Crippen LogP contribution < -0.4 is 19.1 Å². The Kier molecular flexibility index (Phi) is 5.83. The molecule has 26 heavy (non-hydrogen) atoms. The van der Waals surface area contributed by atoms with E-state index in [1.165, 1.54) is 11.3 Å². The number of hydrogen-bond acceptors (Lipinski definition) is 6. The summed E-state index contributed by atoms with van der Waals surface area (Å²) in [5, 5.41) is 0. The molecule has 1 fully saturated rings. The molecule has 0 atom stereocenters. The summed E-state index contributed by atoms with van der Waals surface area (Å²) in [5.41, 5.74) is 3.62. The minimum absolute atomic E-state index is 0.651. The number of aromatic nitrogens is 1. The lowest BCUT2D eigenvalue weighted by atomic mass is 10.1. The van der Waals surface area contributed by atoms with Gasteiger partial charge in [-0.2, -0.15) is 0 Å². The first-order chi connectivity index (χ1) is 12.7. The maximum Gasteiger partial charge on any atom is 0.203 e. The second kappa shape index (κ2) is 8.27. The molecule has 2 aromatic rings. The van der Waals surface area contributed by atoms with Gasteiger partial charge in [0.1, 0.15) is 0 Å². The van der Waals surface area contributed by atoms with E-state index in [0.717, 1.165) is 44.0 Å². The summed E-state index contributed by atoms with van der Waals surface area (Å²) in [6.45, 7) is 6.94. The highest BCUT2D eigenvalue weighted by molar-refractivity contribution is 5.56. The van der Waals surface area contributed by atoms with Gasteiger partial charge in [-0.3, -0.25) is 9.88 Å². The van der Waals surface area contributed by atoms with Crippen LogP contribution in [0.25, 0.3) is 0 Å². The van der Waals surface area contributed by atoms with Crippen LogP contribution in [0.5, 0.6) is 17.2 Å². The van der Waals surface area contributed by atoms with Crippen molar-refractivity contribution in [2.24, 2.45) is 0 Å². The monoisotopic (exact) mass is 357 g/mol. The van der Waals surface area contributed by atoms with Crippen LogP contribution in [-0.4, -0.2) is 57.4 Å². The van der Waals surface area contributed by atoms with Crippen molar-refractivity contribution in [3.8, 4) is 17.2 Å². The van der Waals surface area contributed by atoms with E-state index in [2.05, 4.69) is 33.8 Å². The Morgan fingerprint density at radius 1 is 0.923 bits per heavy atom. The number of aryl methyl sites for hydroxylation is 1. The van der Waals surface area contributed by atoms with E-state index in [-0.39, 0.29) is 0 Å². The molecule has 0 radical (unpaired) electrons. The first-order valence-corrected chi connectivity index (χ1v) is 8.83. The molecule has 0 unspecified atom stereocenters. The molecule has 0 bridgehead atoms. The van der Waals surface area contributed by atoms with Crippen molar-refractivity contribution in [2.75, 3.05) is 52.4 Å². The Morgan fingerprint density at radius 2 is 1.65 bits per heavy atom. The summed E-state index contributed by atoms with van der Waals surface area (Å²) in [4.78, 5) is 9.06. The molecule has 1 saturated heterocycles. The van der Waals surface area contributed by atoms with Crippen molar-refractivity contribution in [1.29, 1.82) is 0 Å². The lowest BCUT2D eigenvalue weighted by Gasteiger charge is -2.37. The zero-order valence-corrected chi connectivity index (χ0v) is 16.0. The van der Waals surface area contributed by atoms with Crippen LogP contribution in [0.15, 0.2) is 30.6 Å². The number of pyridine rings is 1. The second-order valence-electron chi connectivity index (χ2n) is 6.42. The molecule has 1 aliphatic heterocycles. The third-order valence-electron chi connectivity index (χ3n) is 4.88. The van der Waals surface area contributed by atoms with Crippen molar-refractivity contribution < 1.29 is 14.2 Å². The quantitative estimate of drug-likeness (QED) is 0.792. The van der Waals surface area contributed by atoms with Crippen LogP contribution in [0, 0.1) is 6.92 Å². The number of rotatable bonds is 6. The van der Waals surface area contributed by atoms with Crippen molar-refractivity contribution in [1.82, 2.24) is 9.88 Å². The normalized spacial score (nSPS) is 15.0. The van der Waals surface area contributed by atoms with Crippen molar-refractivity contribution in [3.63, 3.8) is 0 Å². The minimum atomic E-state index is 0.651. The number of nitrogens with zero attached hydrogens (tertiary/aromatic N) is 3. The summed E-state index contributed by atoms with van der Waals surface area (Å²) in [6, 6.07) is 6.09. The van der Waals surface area contributed by atoms with E-state index < -0.39 is 0 Å². The minimum Gasteiger partial charge on any atom is -0.493 e. The average molecular weight is 357 g/mol. The summed E-state index contributed by atoms with van der Waals surface area (Å²) in [7, 11) is 4.95. The molecule has 0 aliphatic carbocycles. The zero-order valence-electron chi connectivity index (χ0n) is 16.0. The number of anilines is 1. The fourth-order valence-electron chi connectivity index (χ4n) is 3.50. The molecule has 1 aliphatic rings. The fraction of sp³-hybridized carbons (Fsp3) is 0.450. The smallest absolute Gasteiger partial charge is 0.203 e. The highest BCUT2D eigenvalue weighted by Crippen LogP contribution is 2.40. The molecule has 0 amide bonds. The third-order valence-corrected chi connectivity index (χ3v) is 4.88. The van der Waals surface area contributed by atoms with E-state index >= 15 is 0 Å². The van der Waals surface area contributed by atoms with Gasteiger partial charge in [0, 0.05) is 56.4 Å². The maximum atomic E-state index is 5.61. The first-order valence-electron chi connectivity index (χ1n) is 8.83. The predicted octanol–water partition coefficient (Wildman–Crippen LogP) is 2.74. The van der Waals surface area contributed by atoms with E-state index in [1.807, 2.05) is 18.5 Å². The van der Waals surface area contributed by atoms with Crippen LogP contribution in [0.2, 0.25) is 0 Å². The van der Waals surface area contributed by atoms with E-state index in [1.54, 1.807) is 21.3 Å². The SMILES string of the molecule is COc1ccc(CN2CCN(c3ccncc3C)CC2)c(OC)c1OC. The molecule has 6 nitrogen and oxygen atoms in total. The molecule has 0 spiro atoms. The van der Waals surface area contributed by atoms with Crippen LogP contribution in [0.3, 0.4) is 0 Å². The molecule has 0 saturated carbocycles. The Morgan fingerprint density at radius 3 is 2.27 bits per heavy atom. The molecule has 140 valence electrons. The molecular weight excluding hydrogens is 330 g/mol. The number of hydrogen-bond donors (Lipinski definition) is 0. The third kappa shape index (κ3) is 3.70. The molecular formula is C20H27N3O3. The highest BCUT2D eigenvalue weighted by atomic mass is 16.5. The van der Waals surface area contributed by atoms with Crippen LogP contribution in [-0.2, 0) is 6.54 Å². The van der Waals surface area contributed by atoms with Gasteiger partial charge in [0.25, 0.3) is 0 Å². The number of ether oxygens (including phenoxy) is 3. The van der Waals surface area contributed by atoms with Gasteiger partial charge in [-0.1, -0.05) is 6.07 Å².